The molecular weight excluding hydrogens is 360 g/mol. The zero-order valence-corrected chi connectivity index (χ0v) is 15.8. The summed E-state index contributed by atoms with van der Waals surface area (Å²) in [7, 11) is 0. The van der Waals surface area contributed by atoms with Crippen molar-refractivity contribution in [1.29, 1.82) is 0 Å². The SMILES string of the molecule is C#CCOc1c(Cl)cc([C@@H]2NC(=S)NC(C)=C2C(C)=O)cc1OCC. The van der Waals surface area contributed by atoms with Gasteiger partial charge in [-0.3, -0.25) is 4.79 Å². The van der Waals surface area contributed by atoms with E-state index in [4.69, 9.17) is 39.7 Å². The number of terminal acetylenes is 1. The van der Waals surface area contributed by atoms with Gasteiger partial charge in [0.1, 0.15) is 6.61 Å². The molecule has 7 heteroatoms. The van der Waals surface area contributed by atoms with Crippen LogP contribution in [-0.4, -0.2) is 24.1 Å². The number of ether oxygens (including phenoxy) is 2. The van der Waals surface area contributed by atoms with Gasteiger partial charge in [0.05, 0.1) is 17.7 Å². The van der Waals surface area contributed by atoms with Gasteiger partial charge < -0.3 is 20.1 Å². The maximum atomic E-state index is 12.1. The Morgan fingerprint density at radius 2 is 2.16 bits per heavy atom. The largest absolute Gasteiger partial charge is 0.490 e. The molecule has 1 aromatic carbocycles. The van der Waals surface area contributed by atoms with E-state index in [1.807, 2.05) is 13.8 Å². The van der Waals surface area contributed by atoms with E-state index in [0.717, 1.165) is 5.56 Å². The predicted molar refractivity (Wildman–Crippen MR) is 102 cm³/mol. The van der Waals surface area contributed by atoms with Crippen molar-refractivity contribution in [3.8, 4) is 23.8 Å². The number of ketones is 1. The van der Waals surface area contributed by atoms with Crippen LogP contribution in [0.3, 0.4) is 0 Å². The van der Waals surface area contributed by atoms with Gasteiger partial charge in [-0.25, -0.2) is 0 Å². The summed E-state index contributed by atoms with van der Waals surface area (Å²) < 4.78 is 11.1. The molecule has 0 radical (unpaired) electrons. The molecule has 1 atom stereocenters. The Balaban J connectivity index is 2.54. The van der Waals surface area contributed by atoms with E-state index in [1.54, 1.807) is 12.1 Å². The average Bonchev–Trinajstić information content (AvgIpc) is 2.53. The van der Waals surface area contributed by atoms with Crippen molar-refractivity contribution < 1.29 is 14.3 Å². The number of nitrogens with one attached hydrogen (secondary N) is 2. The molecule has 132 valence electrons. The van der Waals surface area contributed by atoms with Gasteiger partial charge in [-0.2, -0.15) is 0 Å². The molecule has 0 unspecified atom stereocenters. The fourth-order valence-electron chi connectivity index (χ4n) is 2.68. The van der Waals surface area contributed by atoms with Crippen molar-refractivity contribution in [1.82, 2.24) is 10.6 Å². The number of halogens is 1. The standard InChI is InChI=1S/C18H19ClN2O3S/c1-5-7-24-17-13(19)8-12(9-14(17)23-6-2)16-15(11(4)22)10(3)20-18(25)21-16/h1,8-9,16H,6-7H2,2-4H3,(H2,20,21,25)/t16-/m0/s1. The molecule has 0 aromatic heterocycles. The molecular formula is C18H19ClN2O3S. The number of hydrogen-bond donors (Lipinski definition) is 2. The molecule has 0 amide bonds. The van der Waals surface area contributed by atoms with Gasteiger partial charge in [0, 0.05) is 11.3 Å². The zero-order valence-electron chi connectivity index (χ0n) is 14.2. The van der Waals surface area contributed by atoms with Crippen LogP contribution in [0.2, 0.25) is 5.02 Å². The molecule has 0 fully saturated rings. The third-order valence-corrected chi connectivity index (χ3v) is 4.11. The average molecular weight is 379 g/mol. The number of Topliss-reactive ketones (excluding diaryl/α,β-unsaturated/α-hetero) is 1. The Morgan fingerprint density at radius 1 is 1.44 bits per heavy atom. The van der Waals surface area contributed by atoms with Gasteiger partial charge in [-0.15, -0.1) is 6.42 Å². The second kappa shape index (κ2) is 8.24. The Kier molecular flexibility index (Phi) is 6.29. The Labute approximate surface area is 157 Å². The lowest BCUT2D eigenvalue weighted by atomic mass is 9.93. The highest BCUT2D eigenvalue weighted by Gasteiger charge is 2.29. The monoisotopic (exact) mass is 378 g/mol. The molecule has 1 aliphatic heterocycles. The summed E-state index contributed by atoms with van der Waals surface area (Å²) in [5.41, 5.74) is 2.04. The van der Waals surface area contributed by atoms with Crippen LogP contribution < -0.4 is 20.1 Å². The van der Waals surface area contributed by atoms with Crippen molar-refractivity contribution >= 4 is 34.7 Å². The molecule has 1 heterocycles. The third kappa shape index (κ3) is 4.25. The van der Waals surface area contributed by atoms with Gasteiger partial charge in [0.2, 0.25) is 0 Å². The molecule has 0 saturated heterocycles. The molecule has 1 aliphatic rings. The van der Waals surface area contributed by atoms with Crippen LogP contribution in [0.25, 0.3) is 0 Å². The summed E-state index contributed by atoms with van der Waals surface area (Å²) in [6.07, 6.45) is 5.25. The molecule has 0 aliphatic carbocycles. The van der Waals surface area contributed by atoms with Crippen LogP contribution in [-0.2, 0) is 4.79 Å². The Bertz CT molecular complexity index is 783. The molecule has 5 nitrogen and oxygen atoms in total. The highest BCUT2D eigenvalue weighted by atomic mass is 35.5. The molecule has 2 rings (SSSR count). The molecule has 25 heavy (non-hydrogen) atoms. The minimum atomic E-state index is -0.426. The smallest absolute Gasteiger partial charge is 0.181 e. The van der Waals surface area contributed by atoms with E-state index in [1.165, 1.54) is 6.92 Å². The van der Waals surface area contributed by atoms with E-state index in [2.05, 4.69) is 16.6 Å². The van der Waals surface area contributed by atoms with E-state index in [9.17, 15) is 4.79 Å². The van der Waals surface area contributed by atoms with E-state index < -0.39 is 6.04 Å². The van der Waals surface area contributed by atoms with Crippen LogP contribution in [0.5, 0.6) is 11.5 Å². The lowest BCUT2D eigenvalue weighted by Gasteiger charge is -2.30. The summed E-state index contributed by atoms with van der Waals surface area (Å²) in [5, 5.41) is 6.87. The lowest BCUT2D eigenvalue weighted by Crippen LogP contribution is -2.44. The van der Waals surface area contributed by atoms with Gasteiger partial charge in [0.25, 0.3) is 0 Å². The quantitative estimate of drug-likeness (QED) is 0.586. The second-order valence-corrected chi connectivity index (χ2v) is 6.20. The number of rotatable bonds is 6. The van der Waals surface area contributed by atoms with Gasteiger partial charge in [-0.1, -0.05) is 17.5 Å². The Hall–Kier alpha value is -2.23. The minimum Gasteiger partial charge on any atom is -0.490 e. The first-order valence-electron chi connectivity index (χ1n) is 7.70. The van der Waals surface area contributed by atoms with Crippen LogP contribution in [0.4, 0.5) is 0 Å². The number of thiocarbonyl (C=S) groups is 1. The summed E-state index contributed by atoms with van der Waals surface area (Å²) in [6, 6.07) is 3.07. The molecule has 0 saturated carbocycles. The summed E-state index contributed by atoms with van der Waals surface area (Å²) >= 11 is 11.6. The van der Waals surface area contributed by atoms with E-state index in [0.29, 0.717) is 39.5 Å². The summed E-state index contributed by atoms with van der Waals surface area (Å²) in [6.45, 7) is 5.69. The minimum absolute atomic E-state index is 0.0632. The fraction of sp³-hybridized carbons (Fsp3) is 0.333. The van der Waals surface area contributed by atoms with Crippen LogP contribution in [0, 0.1) is 12.3 Å². The predicted octanol–water partition coefficient (Wildman–Crippen LogP) is 3.13. The maximum Gasteiger partial charge on any atom is 0.181 e. The van der Waals surface area contributed by atoms with E-state index in [-0.39, 0.29) is 12.4 Å². The van der Waals surface area contributed by atoms with Crippen LogP contribution >= 0.6 is 23.8 Å². The lowest BCUT2D eigenvalue weighted by molar-refractivity contribution is -0.114. The highest BCUT2D eigenvalue weighted by molar-refractivity contribution is 7.80. The first-order valence-corrected chi connectivity index (χ1v) is 8.49. The van der Waals surface area contributed by atoms with Crippen LogP contribution in [0.15, 0.2) is 23.4 Å². The fourth-order valence-corrected chi connectivity index (χ4v) is 3.23. The molecule has 0 bridgehead atoms. The Morgan fingerprint density at radius 3 is 2.76 bits per heavy atom. The number of allylic oxidation sites excluding steroid dienone is 1. The number of benzene rings is 1. The first-order chi connectivity index (χ1) is 11.9. The van der Waals surface area contributed by atoms with Crippen molar-refractivity contribution in [3.63, 3.8) is 0 Å². The second-order valence-electron chi connectivity index (χ2n) is 5.38. The molecule has 1 aromatic rings. The number of carbonyl (C=O) groups excluding carboxylic acids is 1. The van der Waals surface area contributed by atoms with Crippen molar-refractivity contribution in [3.05, 3.63) is 34.0 Å². The van der Waals surface area contributed by atoms with Gasteiger partial charge in [0.15, 0.2) is 22.4 Å². The third-order valence-electron chi connectivity index (χ3n) is 3.61. The van der Waals surface area contributed by atoms with Gasteiger partial charge in [-0.05, 0) is 50.7 Å². The van der Waals surface area contributed by atoms with Crippen molar-refractivity contribution in [2.75, 3.05) is 13.2 Å². The highest BCUT2D eigenvalue weighted by Crippen LogP contribution is 2.40. The maximum absolute atomic E-state index is 12.1. The molecule has 0 spiro atoms. The normalized spacial score (nSPS) is 16.6. The van der Waals surface area contributed by atoms with Gasteiger partial charge >= 0.3 is 0 Å². The summed E-state index contributed by atoms with van der Waals surface area (Å²) in [5.74, 6) is 3.18. The van der Waals surface area contributed by atoms with Crippen molar-refractivity contribution in [2.24, 2.45) is 0 Å². The number of hydrogen-bond acceptors (Lipinski definition) is 4. The summed E-state index contributed by atoms with van der Waals surface area (Å²) in [4.78, 5) is 12.1. The zero-order chi connectivity index (χ0) is 18.6. The first kappa shape index (κ1) is 19.1. The van der Waals surface area contributed by atoms with Crippen LogP contribution in [0.1, 0.15) is 32.4 Å². The number of carbonyl (C=O) groups is 1. The van der Waals surface area contributed by atoms with E-state index >= 15 is 0 Å². The molecule has 2 N–H and O–H groups in total. The van der Waals surface area contributed by atoms with Crippen molar-refractivity contribution in [2.45, 2.75) is 26.8 Å². The topological polar surface area (TPSA) is 59.6 Å².